The molecule has 0 N–H and O–H groups in total. The Morgan fingerprint density at radius 2 is 1.86 bits per heavy atom. The van der Waals surface area contributed by atoms with Crippen molar-refractivity contribution in [3.8, 4) is 11.5 Å². The fourth-order valence-corrected chi connectivity index (χ4v) is 7.19. The Labute approximate surface area is 128 Å². The Bertz CT molecular complexity index is 832. The summed E-state index contributed by atoms with van der Waals surface area (Å²) in [5.74, 6) is 0.849. The molecular formula is C13H15NO6S2. The number of benzene rings is 1. The molecule has 0 saturated carbocycles. The zero-order valence-electron chi connectivity index (χ0n) is 11.6. The average molecular weight is 345 g/mol. The van der Waals surface area contributed by atoms with Crippen molar-refractivity contribution in [1.82, 2.24) is 4.31 Å². The first-order chi connectivity index (χ1) is 10.4. The molecule has 4 rings (SSSR count). The molecule has 0 aromatic heterocycles. The number of sulfonamides is 1. The minimum atomic E-state index is -3.72. The largest absolute Gasteiger partial charge is 0.486 e. The Kier molecular flexibility index (Phi) is 2.98. The third kappa shape index (κ3) is 2.03. The van der Waals surface area contributed by atoms with E-state index < -0.39 is 31.2 Å². The van der Waals surface area contributed by atoms with Crippen molar-refractivity contribution in [3.63, 3.8) is 0 Å². The summed E-state index contributed by atoms with van der Waals surface area (Å²) >= 11 is 0. The van der Waals surface area contributed by atoms with Crippen LogP contribution in [0.4, 0.5) is 0 Å². The summed E-state index contributed by atoms with van der Waals surface area (Å²) in [6, 6.07) is 4.05. The van der Waals surface area contributed by atoms with E-state index in [-0.39, 0.29) is 17.2 Å². The van der Waals surface area contributed by atoms with Gasteiger partial charge < -0.3 is 9.47 Å². The Morgan fingerprint density at radius 3 is 2.50 bits per heavy atom. The fourth-order valence-electron chi connectivity index (χ4n) is 3.27. The Morgan fingerprint density at radius 1 is 1.14 bits per heavy atom. The van der Waals surface area contributed by atoms with Crippen LogP contribution in [0.5, 0.6) is 11.5 Å². The van der Waals surface area contributed by atoms with Gasteiger partial charge in [0.1, 0.15) is 13.2 Å². The van der Waals surface area contributed by atoms with Crippen molar-refractivity contribution in [2.45, 2.75) is 22.6 Å². The summed E-state index contributed by atoms with van der Waals surface area (Å²) < 4.78 is 61.1. The highest BCUT2D eigenvalue weighted by atomic mass is 32.2. The molecule has 3 aliphatic rings. The summed E-state index contributed by atoms with van der Waals surface area (Å²) in [5.41, 5.74) is 0. The minimum Gasteiger partial charge on any atom is -0.486 e. The van der Waals surface area contributed by atoms with E-state index in [0.29, 0.717) is 31.1 Å². The second-order valence-corrected chi connectivity index (χ2v) is 9.94. The zero-order chi connectivity index (χ0) is 15.5. The average Bonchev–Trinajstić information content (AvgIpc) is 3.03. The highest BCUT2D eigenvalue weighted by Gasteiger charge is 2.52. The van der Waals surface area contributed by atoms with Crippen molar-refractivity contribution in [1.29, 1.82) is 0 Å². The number of hydrogen-bond donors (Lipinski definition) is 0. The van der Waals surface area contributed by atoms with Gasteiger partial charge in [-0.3, -0.25) is 0 Å². The van der Waals surface area contributed by atoms with Crippen LogP contribution in [-0.4, -0.2) is 57.9 Å². The molecule has 2 fully saturated rings. The molecule has 0 spiro atoms. The van der Waals surface area contributed by atoms with Crippen LogP contribution in [0.1, 0.15) is 6.42 Å². The molecule has 120 valence electrons. The van der Waals surface area contributed by atoms with Crippen LogP contribution in [0.2, 0.25) is 0 Å². The number of fused-ring (bicyclic) bond motifs is 3. The summed E-state index contributed by atoms with van der Waals surface area (Å²) in [4.78, 5) is 0.113. The Balaban J connectivity index is 1.68. The summed E-state index contributed by atoms with van der Waals surface area (Å²) in [5, 5.41) is -0.565. The lowest BCUT2D eigenvalue weighted by atomic mass is 10.3. The van der Waals surface area contributed by atoms with E-state index in [9.17, 15) is 16.8 Å². The maximum Gasteiger partial charge on any atom is 0.243 e. The first-order valence-corrected chi connectivity index (χ1v) is 10.2. The first-order valence-electron chi connectivity index (χ1n) is 7.01. The van der Waals surface area contributed by atoms with Gasteiger partial charge >= 0.3 is 0 Å². The second-order valence-electron chi connectivity index (χ2n) is 5.72. The molecule has 0 amide bonds. The normalized spacial score (nSPS) is 29.6. The molecule has 2 atom stereocenters. The third-order valence-electron chi connectivity index (χ3n) is 4.38. The lowest BCUT2D eigenvalue weighted by Crippen LogP contribution is -2.43. The quantitative estimate of drug-likeness (QED) is 0.750. The van der Waals surface area contributed by atoms with Gasteiger partial charge in [-0.05, 0) is 18.6 Å². The molecule has 1 aromatic carbocycles. The van der Waals surface area contributed by atoms with Gasteiger partial charge in [-0.15, -0.1) is 0 Å². The van der Waals surface area contributed by atoms with Crippen LogP contribution in [0, 0.1) is 0 Å². The van der Waals surface area contributed by atoms with Crippen LogP contribution in [0.25, 0.3) is 0 Å². The van der Waals surface area contributed by atoms with E-state index in [2.05, 4.69) is 0 Å². The standard InChI is InChI=1S/C13H15NO6S2/c15-21(16)8-9-5-11(21)7-14(9)22(17,18)10-1-2-12-13(6-10)20-4-3-19-12/h1-2,6,9,11H,3-5,7-8H2. The van der Waals surface area contributed by atoms with Gasteiger partial charge in [0, 0.05) is 18.7 Å². The molecule has 1 aromatic rings. The van der Waals surface area contributed by atoms with E-state index in [4.69, 9.17) is 9.47 Å². The highest BCUT2D eigenvalue weighted by Crippen LogP contribution is 2.39. The van der Waals surface area contributed by atoms with E-state index in [0.717, 1.165) is 0 Å². The number of hydrogen-bond acceptors (Lipinski definition) is 6. The van der Waals surface area contributed by atoms with Gasteiger partial charge in [0.15, 0.2) is 21.3 Å². The van der Waals surface area contributed by atoms with E-state index >= 15 is 0 Å². The second kappa shape index (κ2) is 4.59. The topological polar surface area (TPSA) is 90.0 Å². The molecule has 3 aliphatic heterocycles. The number of rotatable bonds is 2. The van der Waals surface area contributed by atoms with Crippen molar-refractivity contribution in [2.24, 2.45) is 0 Å². The predicted molar refractivity (Wildman–Crippen MR) is 77.3 cm³/mol. The van der Waals surface area contributed by atoms with Crippen molar-refractivity contribution >= 4 is 19.9 Å². The fraction of sp³-hybridized carbons (Fsp3) is 0.538. The Hall–Kier alpha value is -1.32. The first kappa shape index (κ1) is 14.3. The van der Waals surface area contributed by atoms with Crippen LogP contribution >= 0.6 is 0 Å². The van der Waals surface area contributed by atoms with Crippen LogP contribution < -0.4 is 9.47 Å². The predicted octanol–water partition coefficient (Wildman–Crippen LogP) is 0.0178. The van der Waals surface area contributed by atoms with Gasteiger partial charge in [0.05, 0.1) is 15.9 Å². The molecule has 0 radical (unpaired) electrons. The van der Waals surface area contributed by atoms with Crippen LogP contribution in [-0.2, 0) is 19.9 Å². The van der Waals surface area contributed by atoms with Crippen molar-refractivity contribution in [3.05, 3.63) is 18.2 Å². The molecule has 7 nitrogen and oxygen atoms in total. The summed E-state index contributed by atoms with van der Waals surface area (Å²) in [6.45, 7) is 0.861. The monoisotopic (exact) mass is 345 g/mol. The molecule has 2 unspecified atom stereocenters. The van der Waals surface area contributed by atoms with E-state index in [1.54, 1.807) is 6.07 Å². The van der Waals surface area contributed by atoms with Gasteiger partial charge in [-0.25, -0.2) is 16.8 Å². The van der Waals surface area contributed by atoms with Gasteiger partial charge in [0.25, 0.3) is 0 Å². The zero-order valence-corrected chi connectivity index (χ0v) is 13.3. The summed E-state index contributed by atoms with van der Waals surface area (Å²) in [6.07, 6.45) is 0.395. The van der Waals surface area contributed by atoms with Gasteiger partial charge in [-0.2, -0.15) is 4.31 Å². The lowest BCUT2D eigenvalue weighted by Gasteiger charge is -2.26. The maximum absolute atomic E-state index is 12.8. The van der Waals surface area contributed by atoms with Gasteiger partial charge in [0.2, 0.25) is 10.0 Å². The molecule has 2 saturated heterocycles. The minimum absolute atomic E-state index is 0.0454. The van der Waals surface area contributed by atoms with E-state index in [1.807, 2.05) is 0 Å². The third-order valence-corrected chi connectivity index (χ3v) is 8.50. The lowest BCUT2D eigenvalue weighted by molar-refractivity contribution is 0.171. The van der Waals surface area contributed by atoms with Gasteiger partial charge in [-0.1, -0.05) is 0 Å². The SMILES string of the molecule is O=S1(=O)CC2CC1CN2S(=O)(=O)c1ccc2c(c1)OCCO2. The molecule has 3 heterocycles. The number of nitrogens with zero attached hydrogens (tertiary/aromatic N) is 1. The molecule has 2 bridgehead atoms. The summed E-state index contributed by atoms with van der Waals surface area (Å²) in [7, 11) is -6.85. The highest BCUT2D eigenvalue weighted by molar-refractivity contribution is 7.93. The van der Waals surface area contributed by atoms with Crippen LogP contribution in [0.15, 0.2) is 23.1 Å². The number of ether oxygens (including phenoxy) is 2. The molecule has 9 heteroatoms. The molecule has 22 heavy (non-hydrogen) atoms. The molecular weight excluding hydrogens is 330 g/mol. The van der Waals surface area contributed by atoms with Crippen molar-refractivity contribution in [2.75, 3.05) is 25.5 Å². The smallest absolute Gasteiger partial charge is 0.243 e. The molecule has 0 aliphatic carbocycles. The van der Waals surface area contributed by atoms with Crippen molar-refractivity contribution < 1.29 is 26.3 Å². The van der Waals surface area contributed by atoms with E-state index in [1.165, 1.54) is 16.4 Å². The number of sulfone groups is 1. The van der Waals surface area contributed by atoms with Crippen LogP contribution in [0.3, 0.4) is 0 Å². The maximum atomic E-state index is 12.8.